The zero-order valence-electron chi connectivity index (χ0n) is 21.5. The Balaban J connectivity index is 1.60. The summed E-state index contributed by atoms with van der Waals surface area (Å²) in [7, 11) is 0. The maximum Gasteiger partial charge on any atom is 0.416 e. The average Bonchev–Trinajstić information content (AvgIpc) is 3.20. The van der Waals surface area contributed by atoms with Gasteiger partial charge < -0.3 is 10.2 Å². The van der Waals surface area contributed by atoms with Crippen LogP contribution in [0.2, 0.25) is 5.02 Å². The normalized spacial score (nSPS) is 14.0. The number of carboxylic acid groups (broad SMARTS) is 1. The zero-order chi connectivity index (χ0) is 29.6. The smallest absolute Gasteiger partial charge is 0.416 e. The highest BCUT2D eigenvalue weighted by molar-refractivity contribution is 6.58. The first kappa shape index (κ1) is 27.7. The van der Waals surface area contributed by atoms with E-state index in [9.17, 15) is 33.0 Å². The van der Waals surface area contributed by atoms with Crippen LogP contribution >= 0.6 is 11.6 Å². The number of aryl methyl sites for hydroxylation is 2. The number of nitrogens with one attached hydrogen (secondary N) is 1. The van der Waals surface area contributed by atoms with E-state index in [2.05, 4.69) is 10.5 Å². The van der Waals surface area contributed by atoms with E-state index < -0.39 is 23.6 Å². The van der Waals surface area contributed by atoms with Crippen LogP contribution in [-0.4, -0.2) is 27.8 Å². The van der Waals surface area contributed by atoms with Gasteiger partial charge in [-0.25, -0.2) is 4.79 Å². The zero-order valence-corrected chi connectivity index (χ0v) is 22.3. The van der Waals surface area contributed by atoms with Crippen molar-refractivity contribution >= 4 is 46.3 Å². The average molecular weight is 580 g/mol. The molecule has 0 saturated carbocycles. The van der Waals surface area contributed by atoms with Gasteiger partial charge in [-0.1, -0.05) is 41.9 Å². The molecule has 0 aliphatic carbocycles. The van der Waals surface area contributed by atoms with Crippen molar-refractivity contribution in [3.8, 4) is 16.9 Å². The van der Waals surface area contributed by atoms with Gasteiger partial charge in [-0.15, -0.1) is 0 Å². The van der Waals surface area contributed by atoms with Crippen molar-refractivity contribution < 1.29 is 33.0 Å². The Morgan fingerprint density at radius 1 is 0.976 bits per heavy atom. The number of carbonyl (C=O) groups excluding carboxylic acids is 1. The van der Waals surface area contributed by atoms with E-state index in [1.54, 1.807) is 36.4 Å². The Kier molecular flexibility index (Phi) is 6.96. The Labute approximate surface area is 237 Å². The number of hydrogen-bond donors (Lipinski definition) is 3. The van der Waals surface area contributed by atoms with Crippen LogP contribution in [0.4, 0.5) is 30.2 Å². The predicted molar refractivity (Wildman–Crippen MR) is 150 cm³/mol. The molecule has 1 amide bonds. The second-order valence-electron chi connectivity index (χ2n) is 9.42. The summed E-state index contributed by atoms with van der Waals surface area (Å²) in [6.45, 7) is 3.69. The molecule has 0 radical (unpaired) electrons. The molecular weight excluding hydrogens is 559 g/mol. The molecule has 0 atom stereocenters. The largest absolute Gasteiger partial charge is 0.505 e. The molecule has 41 heavy (non-hydrogen) atoms. The first-order chi connectivity index (χ1) is 19.4. The third kappa shape index (κ3) is 5.09. The lowest BCUT2D eigenvalue weighted by Gasteiger charge is -2.19. The fourth-order valence-electron chi connectivity index (χ4n) is 4.52. The number of benzene rings is 4. The van der Waals surface area contributed by atoms with Crippen LogP contribution in [0, 0.1) is 13.8 Å². The number of nitrogens with zero attached hydrogens (tertiary/aromatic N) is 2. The number of phenolic OH excluding ortho intramolecular Hbond substituents is 1. The van der Waals surface area contributed by atoms with Gasteiger partial charge in [0.2, 0.25) is 0 Å². The summed E-state index contributed by atoms with van der Waals surface area (Å²) in [5.74, 6) is -2.14. The Hall–Kier alpha value is -4.83. The number of hydrazone groups is 1. The van der Waals surface area contributed by atoms with E-state index in [1.165, 1.54) is 24.3 Å². The maximum atomic E-state index is 13.7. The van der Waals surface area contributed by atoms with Crippen molar-refractivity contribution in [2.24, 2.45) is 5.10 Å². The number of anilines is 3. The number of phenols is 1. The number of aromatic carboxylic acids is 1. The van der Waals surface area contributed by atoms with Crippen LogP contribution in [0.1, 0.15) is 32.6 Å². The molecule has 1 heterocycles. The Bertz CT molecular complexity index is 1770. The number of rotatable bonds is 5. The summed E-state index contributed by atoms with van der Waals surface area (Å²) in [6, 6.07) is 17.2. The van der Waals surface area contributed by atoms with Crippen LogP contribution in [0.5, 0.6) is 5.75 Å². The molecule has 0 aromatic heterocycles. The van der Waals surface area contributed by atoms with Crippen molar-refractivity contribution in [2.45, 2.75) is 20.0 Å². The molecule has 3 N–H and O–H groups in total. The molecule has 0 fully saturated rings. The van der Waals surface area contributed by atoms with Gasteiger partial charge in [0.05, 0.1) is 33.1 Å². The monoisotopic (exact) mass is 579 g/mol. The minimum absolute atomic E-state index is 0.000184. The molecule has 0 unspecified atom stereocenters. The number of hydrogen-bond acceptors (Lipinski definition) is 5. The van der Waals surface area contributed by atoms with Crippen molar-refractivity contribution in [2.75, 3.05) is 10.3 Å². The van der Waals surface area contributed by atoms with E-state index in [1.807, 2.05) is 13.8 Å². The number of carboxylic acids is 1. The third-order valence-corrected chi connectivity index (χ3v) is 7.07. The predicted octanol–water partition coefficient (Wildman–Crippen LogP) is 7.54. The second-order valence-corrected chi connectivity index (χ2v) is 9.83. The molecule has 4 aromatic carbocycles. The summed E-state index contributed by atoms with van der Waals surface area (Å²) in [4.78, 5) is 26.2. The molecule has 4 aromatic rings. The molecule has 208 valence electrons. The highest BCUT2D eigenvalue weighted by Crippen LogP contribution is 2.44. The van der Waals surface area contributed by atoms with E-state index in [4.69, 9.17) is 11.6 Å². The van der Waals surface area contributed by atoms with Crippen LogP contribution < -0.4 is 10.3 Å². The van der Waals surface area contributed by atoms with Crippen LogP contribution in [-0.2, 0) is 11.0 Å². The maximum absolute atomic E-state index is 13.7. The standard InChI is InChI=1S/C30H21ClF3N3O4/c1-15-9-10-20(11-16(15)2)37-24-14-19(30(32,33)34)13-22(31)25(24)26(28(37)39)36-35-23-8-4-7-21(27(23)38)17-5-3-6-18(12-17)29(40)41/h3-14,35,38H,1-2H3,(H,40,41)/b36-26-. The minimum atomic E-state index is -4.71. The van der Waals surface area contributed by atoms with Gasteiger partial charge in [0.25, 0.3) is 5.91 Å². The van der Waals surface area contributed by atoms with Gasteiger partial charge in [-0.05, 0) is 73.0 Å². The van der Waals surface area contributed by atoms with Gasteiger partial charge >= 0.3 is 12.1 Å². The number of para-hydroxylation sites is 1. The van der Waals surface area contributed by atoms with E-state index in [-0.39, 0.29) is 39.0 Å². The number of carbonyl (C=O) groups is 2. The lowest BCUT2D eigenvalue weighted by atomic mass is 10.0. The topological polar surface area (TPSA) is 102 Å². The quantitative estimate of drug-likeness (QED) is 0.167. The highest BCUT2D eigenvalue weighted by Gasteiger charge is 2.41. The molecule has 0 saturated heterocycles. The molecule has 7 nitrogen and oxygen atoms in total. The van der Waals surface area contributed by atoms with Gasteiger partial charge in [0.15, 0.2) is 5.71 Å². The lowest BCUT2D eigenvalue weighted by molar-refractivity contribution is -0.137. The van der Waals surface area contributed by atoms with Crippen molar-refractivity contribution in [3.63, 3.8) is 0 Å². The van der Waals surface area contributed by atoms with Crippen molar-refractivity contribution in [1.29, 1.82) is 0 Å². The Morgan fingerprint density at radius 3 is 2.39 bits per heavy atom. The number of fused-ring (bicyclic) bond motifs is 1. The fourth-order valence-corrected chi connectivity index (χ4v) is 4.82. The SMILES string of the molecule is Cc1ccc(N2C(=O)/C(=N\Nc3cccc(-c4cccc(C(=O)O)c4)c3O)c3c(Cl)cc(C(F)(F)F)cc32)cc1C. The number of aromatic hydroxyl groups is 1. The molecule has 11 heteroatoms. The van der Waals surface area contributed by atoms with Crippen LogP contribution in [0.15, 0.2) is 77.9 Å². The number of halogens is 4. The second kappa shape index (κ2) is 10.3. The first-order valence-corrected chi connectivity index (χ1v) is 12.6. The fraction of sp³-hybridized carbons (Fsp3) is 0.100. The summed E-state index contributed by atoms with van der Waals surface area (Å²) in [6.07, 6.45) is -4.71. The van der Waals surface area contributed by atoms with Crippen molar-refractivity contribution in [3.05, 3.63) is 106 Å². The van der Waals surface area contributed by atoms with Crippen LogP contribution in [0.3, 0.4) is 0 Å². The van der Waals surface area contributed by atoms with Gasteiger partial charge in [-0.2, -0.15) is 18.3 Å². The minimum Gasteiger partial charge on any atom is -0.505 e. The van der Waals surface area contributed by atoms with Crippen molar-refractivity contribution in [1.82, 2.24) is 0 Å². The molecule has 0 spiro atoms. The van der Waals surface area contributed by atoms with Gasteiger partial charge in [0, 0.05) is 11.3 Å². The molecule has 5 rings (SSSR count). The Morgan fingerprint density at radius 2 is 1.71 bits per heavy atom. The third-order valence-electron chi connectivity index (χ3n) is 6.77. The summed E-state index contributed by atoms with van der Waals surface area (Å²) in [5.41, 5.74) is 4.17. The molecular formula is C30H21ClF3N3O4. The summed E-state index contributed by atoms with van der Waals surface area (Å²) < 4.78 is 41.0. The summed E-state index contributed by atoms with van der Waals surface area (Å²) >= 11 is 6.32. The number of alkyl halides is 3. The summed E-state index contributed by atoms with van der Waals surface area (Å²) in [5, 5.41) is 24.1. The first-order valence-electron chi connectivity index (χ1n) is 12.2. The van der Waals surface area contributed by atoms with Gasteiger partial charge in [-0.3, -0.25) is 15.1 Å². The molecule has 0 bridgehead atoms. The van der Waals surface area contributed by atoms with E-state index in [0.717, 1.165) is 28.2 Å². The highest BCUT2D eigenvalue weighted by atomic mass is 35.5. The number of amides is 1. The van der Waals surface area contributed by atoms with Gasteiger partial charge in [0.1, 0.15) is 5.75 Å². The van der Waals surface area contributed by atoms with E-state index >= 15 is 0 Å². The molecule has 1 aliphatic heterocycles. The lowest BCUT2D eigenvalue weighted by Crippen LogP contribution is -2.26. The van der Waals surface area contributed by atoms with E-state index in [0.29, 0.717) is 16.8 Å². The van der Waals surface area contributed by atoms with Crippen LogP contribution in [0.25, 0.3) is 11.1 Å². The molecule has 1 aliphatic rings.